The highest BCUT2D eigenvalue weighted by atomic mass is 32.2. The summed E-state index contributed by atoms with van der Waals surface area (Å²) in [6.45, 7) is -0.575. The topological polar surface area (TPSA) is 114 Å². The third-order valence-electron chi connectivity index (χ3n) is 5.56. The number of sulfone groups is 1. The van der Waals surface area contributed by atoms with Crippen LogP contribution in [0.4, 0.5) is 0 Å². The van der Waals surface area contributed by atoms with Crippen LogP contribution in [0.15, 0.2) is 65.6 Å². The fourth-order valence-electron chi connectivity index (χ4n) is 4.18. The maximum atomic E-state index is 13.7. The van der Waals surface area contributed by atoms with Gasteiger partial charge < -0.3 is 18.9 Å². The molecule has 0 amide bonds. The normalized spacial score (nSPS) is 31.0. The molecule has 2 aliphatic rings. The zero-order chi connectivity index (χ0) is 22.0. The maximum Gasteiger partial charge on any atom is 0.212 e. The monoisotopic (exact) mass is 449 g/mol. The zero-order valence-corrected chi connectivity index (χ0v) is 17.6. The van der Waals surface area contributed by atoms with Gasteiger partial charge in [-0.15, -0.1) is 0 Å². The smallest absolute Gasteiger partial charge is 0.212 e. The largest absolute Gasteiger partial charge is 0.355 e. The summed E-state index contributed by atoms with van der Waals surface area (Å²) in [5.74, 6) is -1.07. The first-order valence-corrected chi connectivity index (χ1v) is 11.4. The third kappa shape index (κ3) is 4.35. The van der Waals surface area contributed by atoms with Crippen LogP contribution in [-0.2, 0) is 28.8 Å². The van der Waals surface area contributed by atoms with Gasteiger partial charge >= 0.3 is 0 Å². The van der Waals surface area contributed by atoms with Gasteiger partial charge in [0.15, 0.2) is 22.4 Å². The van der Waals surface area contributed by atoms with Crippen molar-refractivity contribution in [2.45, 2.75) is 34.9 Å². The number of nitrogens with zero attached hydrogens (tertiary/aromatic N) is 1. The number of methoxy groups -OCH3 is 1. The first-order valence-electron chi connectivity index (χ1n) is 9.83. The van der Waals surface area contributed by atoms with E-state index < -0.39 is 57.3 Å². The molecular formula is C21H23NO8S. The molecular weight excluding hydrogens is 426 g/mol. The summed E-state index contributed by atoms with van der Waals surface area (Å²) in [6, 6.07) is 17.0. The maximum absolute atomic E-state index is 13.7. The van der Waals surface area contributed by atoms with Gasteiger partial charge in [0, 0.05) is 17.6 Å². The van der Waals surface area contributed by atoms with Crippen LogP contribution in [0.2, 0.25) is 0 Å². The molecule has 6 atom stereocenters. The van der Waals surface area contributed by atoms with Gasteiger partial charge in [0.05, 0.1) is 17.4 Å². The molecule has 0 aromatic heterocycles. The van der Waals surface area contributed by atoms with E-state index >= 15 is 0 Å². The Hall–Kier alpha value is -2.37. The number of ether oxygens (including phenoxy) is 4. The van der Waals surface area contributed by atoms with Crippen LogP contribution in [0, 0.1) is 16.0 Å². The number of hydrogen-bond donors (Lipinski definition) is 0. The van der Waals surface area contributed by atoms with Gasteiger partial charge in [0.2, 0.25) is 6.54 Å². The highest BCUT2D eigenvalue weighted by Crippen LogP contribution is 2.41. The minimum atomic E-state index is -4.02. The summed E-state index contributed by atoms with van der Waals surface area (Å²) in [6.07, 6.45) is -3.62. The Morgan fingerprint density at radius 2 is 1.71 bits per heavy atom. The second-order valence-electron chi connectivity index (χ2n) is 7.46. The average Bonchev–Trinajstić information content (AvgIpc) is 2.79. The SMILES string of the molecule is CO[C@H]1O[C@@H]2CO[C@@H](c3ccccc3)O[C@H]2[C@@H](S(=O)(=O)c2ccccc2)[C@@H]1C[N+](=O)[O-]. The Balaban J connectivity index is 1.76. The molecule has 4 rings (SSSR count). The van der Waals surface area contributed by atoms with Crippen molar-refractivity contribution in [2.24, 2.45) is 5.92 Å². The van der Waals surface area contributed by atoms with Crippen molar-refractivity contribution in [1.82, 2.24) is 0 Å². The van der Waals surface area contributed by atoms with Crippen molar-refractivity contribution in [3.63, 3.8) is 0 Å². The lowest BCUT2D eigenvalue weighted by atomic mass is 9.92. The van der Waals surface area contributed by atoms with Gasteiger partial charge in [0.25, 0.3) is 0 Å². The molecule has 0 aliphatic carbocycles. The lowest BCUT2D eigenvalue weighted by Gasteiger charge is -2.47. The molecule has 0 bridgehead atoms. The fraction of sp³-hybridized carbons (Fsp3) is 0.429. The van der Waals surface area contributed by atoms with E-state index in [1.807, 2.05) is 30.3 Å². The van der Waals surface area contributed by atoms with Crippen molar-refractivity contribution < 1.29 is 32.3 Å². The van der Waals surface area contributed by atoms with Gasteiger partial charge in [-0.2, -0.15) is 0 Å². The molecule has 0 radical (unpaired) electrons. The molecule has 2 aromatic carbocycles. The predicted molar refractivity (Wildman–Crippen MR) is 108 cm³/mol. The molecule has 2 fully saturated rings. The van der Waals surface area contributed by atoms with Crippen LogP contribution in [0.1, 0.15) is 11.9 Å². The molecule has 2 saturated heterocycles. The second kappa shape index (κ2) is 9.01. The summed E-state index contributed by atoms with van der Waals surface area (Å²) < 4.78 is 50.4. The van der Waals surface area contributed by atoms with Crippen molar-refractivity contribution in [2.75, 3.05) is 20.3 Å². The summed E-state index contributed by atoms with van der Waals surface area (Å²) in [5.41, 5.74) is 0.719. The standard InChI is InChI=1S/C21H23NO8S/c1-27-21-16(12-22(23)24)19(31(25,26)15-10-6-3-7-11-15)18-17(29-21)13-28-20(30-18)14-8-4-2-5-9-14/h2-11,16-21H,12-13H2,1H3/t16-,17+,18+,19-,20+,21-/m0/s1. The van der Waals surface area contributed by atoms with E-state index in [4.69, 9.17) is 18.9 Å². The summed E-state index contributed by atoms with van der Waals surface area (Å²) in [5, 5.41) is 10.2. The summed E-state index contributed by atoms with van der Waals surface area (Å²) in [7, 11) is -2.69. The Morgan fingerprint density at radius 1 is 1.06 bits per heavy atom. The van der Waals surface area contributed by atoms with Crippen LogP contribution in [0.25, 0.3) is 0 Å². The van der Waals surface area contributed by atoms with Crippen LogP contribution in [0.3, 0.4) is 0 Å². The Kier molecular flexibility index (Phi) is 6.35. The molecule has 166 valence electrons. The van der Waals surface area contributed by atoms with Crippen molar-refractivity contribution in [3.8, 4) is 0 Å². The molecule has 0 N–H and O–H groups in total. The van der Waals surface area contributed by atoms with Crippen LogP contribution in [0.5, 0.6) is 0 Å². The minimum Gasteiger partial charge on any atom is -0.355 e. The van der Waals surface area contributed by atoms with Gasteiger partial charge in [-0.25, -0.2) is 8.42 Å². The second-order valence-corrected chi connectivity index (χ2v) is 9.56. The minimum absolute atomic E-state index is 0.0650. The molecule has 2 heterocycles. The summed E-state index contributed by atoms with van der Waals surface area (Å²) >= 11 is 0. The van der Waals surface area contributed by atoms with E-state index in [-0.39, 0.29) is 11.5 Å². The van der Waals surface area contributed by atoms with Crippen molar-refractivity contribution in [1.29, 1.82) is 0 Å². The number of nitro groups is 1. The molecule has 10 heteroatoms. The van der Waals surface area contributed by atoms with E-state index in [1.165, 1.54) is 19.2 Å². The van der Waals surface area contributed by atoms with Crippen LogP contribution < -0.4 is 0 Å². The lowest BCUT2D eigenvalue weighted by molar-refractivity contribution is -0.498. The van der Waals surface area contributed by atoms with Crippen LogP contribution >= 0.6 is 0 Å². The predicted octanol–water partition coefficient (Wildman–Crippen LogP) is 2.21. The van der Waals surface area contributed by atoms with E-state index in [2.05, 4.69) is 0 Å². The quantitative estimate of drug-likeness (QED) is 0.487. The van der Waals surface area contributed by atoms with Crippen LogP contribution in [-0.4, -0.2) is 57.4 Å². The number of fused-ring (bicyclic) bond motifs is 1. The molecule has 0 unspecified atom stereocenters. The van der Waals surface area contributed by atoms with Crippen molar-refractivity contribution >= 4 is 9.84 Å². The Bertz CT molecular complexity index is 1000. The third-order valence-corrected chi connectivity index (χ3v) is 7.82. The molecule has 2 aromatic rings. The molecule has 0 spiro atoms. The van der Waals surface area contributed by atoms with E-state index in [0.29, 0.717) is 0 Å². The van der Waals surface area contributed by atoms with E-state index in [9.17, 15) is 18.5 Å². The van der Waals surface area contributed by atoms with Crippen molar-refractivity contribution in [3.05, 3.63) is 76.3 Å². The average molecular weight is 449 g/mol. The molecule has 2 aliphatic heterocycles. The van der Waals surface area contributed by atoms with Gasteiger partial charge in [-0.05, 0) is 12.1 Å². The lowest BCUT2D eigenvalue weighted by Crippen LogP contribution is -2.63. The first kappa shape index (κ1) is 21.8. The number of benzene rings is 2. The van der Waals surface area contributed by atoms with Gasteiger partial charge in [-0.1, -0.05) is 48.5 Å². The molecule has 31 heavy (non-hydrogen) atoms. The number of hydrogen-bond acceptors (Lipinski definition) is 8. The Morgan fingerprint density at radius 3 is 2.32 bits per heavy atom. The van der Waals surface area contributed by atoms with Gasteiger partial charge in [0.1, 0.15) is 17.5 Å². The number of rotatable bonds is 6. The van der Waals surface area contributed by atoms with E-state index in [1.54, 1.807) is 18.2 Å². The van der Waals surface area contributed by atoms with E-state index in [0.717, 1.165) is 5.56 Å². The first-order chi connectivity index (χ1) is 14.9. The Labute approximate surface area is 179 Å². The zero-order valence-electron chi connectivity index (χ0n) is 16.8. The molecule has 0 saturated carbocycles. The molecule has 9 nitrogen and oxygen atoms in total. The highest BCUT2D eigenvalue weighted by Gasteiger charge is 2.57. The summed E-state index contributed by atoms with van der Waals surface area (Å²) in [4.78, 5) is 10.9. The fourth-order valence-corrected chi connectivity index (χ4v) is 6.29. The highest BCUT2D eigenvalue weighted by molar-refractivity contribution is 7.92. The van der Waals surface area contributed by atoms with Gasteiger partial charge in [-0.3, -0.25) is 10.1 Å².